The first kappa shape index (κ1) is 8.01. The molecule has 0 aromatic carbocycles. The van der Waals surface area contributed by atoms with Crippen molar-refractivity contribution in [1.29, 1.82) is 0 Å². The van der Waals surface area contributed by atoms with E-state index >= 15 is 0 Å². The highest BCUT2D eigenvalue weighted by Crippen LogP contribution is 2.52. The Hall–Kier alpha value is -0.610. The Morgan fingerprint density at radius 3 is 2.33 bits per heavy atom. The second-order valence-electron chi connectivity index (χ2n) is 4.49. The van der Waals surface area contributed by atoms with Gasteiger partial charge in [-0.2, -0.15) is 0 Å². The van der Waals surface area contributed by atoms with Crippen LogP contribution in [0.4, 0.5) is 0 Å². The second kappa shape index (κ2) is 2.00. The average Bonchev–Trinajstić information content (AvgIpc) is 1.80. The molecular weight excluding hydrogens is 156 g/mol. The molecule has 1 aliphatic carbocycles. The molecule has 4 nitrogen and oxygen atoms in total. The van der Waals surface area contributed by atoms with Crippen LogP contribution >= 0.6 is 0 Å². The summed E-state index contributed by atoms with van der Waals surface area (Å²) < 4.78 is 0. The minimum absolute atomic E-state index is 0.252. The van der Waals surface area contributed by atoms with E-state index in [1.54, 1.807) is 0 Å². The van der Waals surface area contributed by atoms with Crippen LogP contribution in [-0.4, -0.2) is 41.7 Å². The first-order chi connectivity index (χ1) is 5.46. The van der Waals surface area contributed by atoms with Crippen molar-refractivity contribution < 1.29 is 9.90 Å². The molecule has 0 atom stereocenters. The van der Waals surface area contributed by atoms with Gasteiger partial charge in [-0.05, 0) is 19.9 Å². The van der Waals surface area contributed by atoms with Crippen LogP contribution in [0.15, 0.2) is 0 Å². The number of aliphatic carboxylic acids is 1. The fourth-order valence-electron chi connectivity index (χ4n) is 2.76. The first-order valence-corrected chi connectivity index (χ1v) is 4.17. The third-order valence-electron chi connectivity index (χ3n) is 3.02. The molecule has 0 bridgehead atoms. The number of carboxylic acids is 1. The first-order valence-electron chi connectivity index (χ1n) is 4.17. The summed E-state index contributed by atoms with van der Waals surface area (Å²) >= 11 is 0. The van der Waals surface area contributed by atoms with E-state index in [0.717, 1.165) is 13.1 Å². The van der Waals surface area contributed by atoms with Crippen molar-refractivity contribution in [1.82, 2.24) is 4.90 Å². The zero-order valence-electron chi connectivity index (χ0n) is 7.21. The molecule has 12 heavy (non-hydrogen) atoms. The normalized spacial score (nSPS) is 30.8. The molecular formula is C8H14N2O2. The zero-order chi connectivity index (χ0) is 8.98. The molecule has 1 heterocycles. The van der Waals surface area contributed by atoms with Gasteiger partial charge in [-0.15, -0.1) is 0 Å². The van der Waals surface area contributed by atoms with Gasteiger partial charge in [0.1, 0.15) is 5.54 Å². The number of nitrogens with zero attached hydrogens (tertiary/aromatic N) is 1. The molecule has 3 N–H and O–H groups in total. The monoisotopic (exact) mass is 170 g/mol. The Bertz CT molecular complexity index is 225. The van der Waals surface area contributed by atoms with E-state index in [1.165, 1.54) is 0 Å². The second-order valence-corrected chi connectivity index (χ2v) is 4.49. The van der Waals surface area contributed by atoms with Crippen molar-refractivity contribution in [3.8, 4) is 0 Å². The smallest absolute Gasteiger partial charge is 0.323 e. The predicted octanol–water partition coefficient (Wildman–Crippen LogP) is -0.506. The Kier molecular flexibility index (Phi) is 1.34. The quantitative estimate of drug-likeness (QED) is 0.556. The van der Waals surface area contributed by atoms with Gasteiger partial charge in [0.2, 0.25) is 0 Å². The van der Waals surface area contributed by atoms with Crippen LogP contribution in [0.2, 0.25) is 0 Å². The highest BCUT2D eigenvalue weighted by molar-refractivity contribution is 5.80. The van der Waals surface area contributed by atoms with E-state index in [0.29, 0.717) is 12.8 Å². The van der Waals surface area contributed by atoms with Gasteiger partial charge in [-0.3, -0.25) is 4.79 Å². The van der Waals surface area contributed by atoms with Crippen LogP contribution in [0.5, 0.6) is 0 Å². The van der Waals surface area contributed by atoms with Crippen molar-refractivity contribution in [3.05, 3.63) is 0 Å². The van der Waals surface area contributed by atoms with Gasteiger partial charge < -0.3 is 15.7 Å². The molecule has 68 valence electrons. The minimum atomic E-state index is -0.915. The molecule has 0 amide bonds. The molecule has 0 aromatic rings. The molecule has 0 aromatic heterocycles. The van der Waals surface area contributed by atoms with Gasteiger partial charge in [0.05, 0.1) is 0 Å². The third-order valence-corrected chi connectivity index (χ3v) is 3.02. The maximum atomic E-state index is 10.7. The summed E-state index contributed by atoms with van der Waals surface area (Å²) in [6, 6.07) is 0. The molecule has 1 saturated heterocycles. The summed E-state index contributed by atoms with van der Waals surface area (Å²) in [5.41, 5.74) is 4.99. The fraction of sp³-hybridized carbons (Fsp3) is 0.875. The van der Waals surface area contributed by atoms with Crippen molar-refractivity contribution in [3.63, 3.8) is 0 Å². The lowest BCUT2D eigenvalue weighted by atomic mass is 9.54. The van der Waals surface area contributed by atoms with Gasteiger partial charge in [0.25, 0.3) is 0 Å². The minimum Gasteiger partial charge on any atom is -0.480 e. The third kappa shape index (κ3) is 0.881. The van der Waals surface area contributed by atoms with Gasteiger partial charge in [-0.1, -0.05) is 0 Å². The van der Waals surface area contributed by atoms with Gasteiger partial charge in [-0.25, -0.2) is 0 Å². The Labute approximate surface area is 71.3 Å². The highest BCUT2D eigenvalue weighted by Gasteiger charge is 2.60. The summed E-state index contributed by atoms with van der Waals surface area (Å²) in [5.74, 6) is -0.845. The van der Waals surface area contributed by atoms with Crippen LogP contribution < -0.4 is 5.73 Å². The number of rotatable bonds is 1. The lowest BCUT2D eigenvalue weighted by molar-refractivity contribution is -0.163. The molecule has 1 saturated carbocycles. The summed E-state index contributed by atoms with van der Waals surface area (Å²) in [6.45, 7) is 2.03. The van der Waals surface area contributed by atoms with Crippen molar-refractivity contribution in [2.75, 3.05) is 20.1 Å². The maximum absolute atomic E-state index is 10.7. The van der Waals surface area contributed by atoms with Gasteiger partial charge in [0.15, 0.2) is 0 Å². The molecule has 2 aliphatic rings. The van der Waals surface area contributed by atoms with Crippen LogP contribution in [-0.2, 0) is 4.79 Å². The molecule has 1 spiro atoms. The summed E-state index contributed by atoms with van der Waals surface area (Å²) in [7, 11) is 2.04. The molecule has 0 radical (unpaired) electrons. The Balaban J connectivity index is 1.95. The van der Waals surface area contributed by atoms with E-state index in [1.807, 2.05) is 7.05 Å². The molecule has 2 rings (SSSR count). The lowest BCUT2D eigenvalue weighted by Crippen LogP contribution is -2.72. The summed E-state index contributed by atoms with van der Waals surface area (Å²) in [4.78, 5) is 12.9. The van der Waals surface area contributed by atoms with E-state index in [-0.39, 0.29) is 5.41 Å². The summed E-state index contributed by atoms with van der Waals surface area (Å²) in [6.07, 6.45) is 1.30. The fourth-order valence-corrected chi connectivity index (χ4v) is 2.76. The zero-order valence-corrected chi connectivity index (χ0v) is 7.21. The number of carbonyl (C=O) groups is 1. The van der Waals surface area contributed by atoms with E-state index in [9.17, 15) is 4.79 Å². The average molecular weight is 170 g/mol. The highest BCUT2D eigenvalue weighted by atomic mass is 16.4. The van der Waals surface area contributed by atoms with E-state index in [4.69, 9.17) is 10.8 Å². The topological polar surface area (TPSA) is 66.6 Å². The van der Waals surface area contributed by atoms with Gasteiger partial charge in [0, 0.05) is 18.5 Å². The number of carboxylic acid groups (broad SMARTS) is 1. The lowest BCUT2D eigenvalue weighted by Gasteiger charge is -2.60. The number of hydrogen-bond acceptors (Lipinski definition) is 3. The van der Waals surface area contributed by atoms with Crippen molar-refractivity contribution in [2.24, 2.45) is 11.1 Å². The SMILES string of the molecule is CN1CC2(C1)CC(N)(C(=O)O)C2. The standard InChI is InChI=1S/C8H14N2O2/c1-10-4-7(5-10)2-8(9,3-7)6(11)12/h2-5,9H2,1H3,(H,11,12). The molecule has 1 aliphatic heterocycles. The Morgan fingerprint density at radius 2 is 2.00 bits per heavy atom. The summed E-state index contributed by atoms with van der Waals surface area (Å²) in [5, 5.41) is 8.77. The molecule has 4 heteroatoms. The maximum Gasteiger partial charge on any atom is 0.323 e. The van der Waals surface area contributed by atoms with E-state index < -0.39 is 11.5 Å². The van der Waals surface area contributed by atoms with Crippen LogP contribution in [0.25, 0.3) is 0 Å². The van der Waals surface area contributed by atoms with Crippen molar-refractivity contribution >= 4 is 5.97 Å². The number of nitrogens with two attached hydrogens (primary N) is 1. The van der Waals surface area contributed by atoms with Crippen LogP contribution in [0.1, 0.15) is 12.8 Å². The van der Waals surface area contributed by atoms with Gasteiger partial charge >= 0.3 is 5.97 Å². The van der Waals surface area contributed by atoms with E-state index in [2.05, 4.69) is 4.90 Å². The predicted molar refractivity (Wildman–Crippen MR) is 43.7 cm³/mol. The van der Waals surface area contributed by atoms with Crippen molar-refractivity contribution in [2.45, 2.75) is 18.4 Å². The number of likely N-dealkylation sites (tertiary alicyclic amines) is 1. The Morgan fingerprint density at radius 1 is 1.50 bits per heavy atom. The van der Waals surface area contributed by atoms with Crippen LogP contribution in [0.3, 0.4) is 0 Å². The molecule has 2 fully saturated rings. The molecule has 0 unspecified atom stereocenters. The van der Waals surface area contributed by atoms with Crippen LogP contribution in [0, 0.1) is 5.41 Å². The largest absolute Gasteiger partial charge is 0.480 e. The number of hydrogen-bond donors (Lipinski definition) is 2.